The average molecular weight is 289 g/mol. The van der Waals surface area contributed by atoms with Crippen molar-refractivity contribution in [3.8, 4) is 5.75 Å². The monoisotopic (exact) mass is 289 g/mol. The molecule has 21 heavy (non-hydrogen) atoms. The summed E-state index contributed by atoms with van der Waals surface area (Å²) in [5, 5.41) is 9.33. The van der Waals surface area contributed by atoms with Gasteiger partial charge >= 0.3 is 5.97 Å². The van der Waals surface area contributed by atoms with Gasteiger partial charge in [-0.3, -0.25) is 4.79 Å². The summed E-state index contributed by atoms with van der Waals surface area (Å²) in [6, 6.07) is 6.85. The highest BCUT2D eigenvalue weighted by molar-refractivity contribution is 5.89. The van der Waals surface area contributed by atoms with E-state index < -0.39 is 12.0 Å². The summed E-state index contributed by atoms with van der Waals surface area (Å²) in [7, 11) is 0. The Hall–Kier alpha value is -2.04. The second kappa shape index (κ2) is 5.76. The average Bonchev–Trinajstić information content (AvgIpc) is 2.53. The lowest BCUT2D eigenvalue weighted by Gasteiger charge is -2.36. The predicted octanol–water partition coefficient (Wildman–Crippen LogP) is 2.02. The molecule has 2 atom stereocenters. The van der Waals surface area contributed by atoms with Gasteiger partial charge in [0.15, 0.2) is 0 Å². The summed E-state index contributed by atoms with van der Waals surface area (Å²) in [6.07, 6.45) is 2.90. The molecule has 0 spiro atoms. The molecule has 0 saturated carbocycles. The molecule has 3 rings (SSSR count). The van der Waals surface area contributed by atoms with E-state index in [2.05, 4.69) is 0 Å². The number of ether oxygens (including phenoxy) is 1. The van der Waals surface area contributed by atoms with Crippen LogP contribution in [0.2, 0.25) is 0 Å². The number of hydrogen-bond donors (Lipinski definition) is 1. The van der Waals surface area contributed by atoms with Gasteiger partial charge in [0.1, 0.15) is 11.8 Å². The minimum absolute atomic E-state index is 0.0714. The number of para-hydroxylation sites is 1. The van der Waals surface area contributed by atoms with E-state index >= 15 is 0 Å². The van der Waals surface area contributed by atoms with E-state index in [1.165, 1.54) is 0 Å². The van der Waals surface area contributed by atoms with Gasteiger partial charge in [-0.15, -0.1) is 0 Å². The normalized spacial score (nSPS) is 24.9. The van der Waals surface area contributed by atoms with Crippen LogP contribution in [-0.2, 0) is 9.59 Å². The molecule has 1 saturated heterocycles. The van der Waals surface area contributed by atoms with Crippen molar-refractivity contribution in [2.75, 3.05) is 13.2 Å². The van der Waals surface area contributed by atoms with Gasteiger partial charge in [0, 0.05) is 12.1 Å². The zero-order valence-electron chi connectivity index (χ0n) is 11.8. The molecule has 1 N–H and O–H groups in total. The molecule has 1 aromatic rings. The molecule has 0 aromatic heterocycles. The Morgan fingerprint density at radius 3 is 2.81 bits per heavy atom. The predicted molar refractivity (Wildman–Crippen MR) is 76.3 cm³/mol. The molecule has 1 unspecified atom stereocenters. The minimum atomic E-state index is -0.900. The van der Waals surface area contributed by atoms with E-state index in [0.717, 1.165) is 24.2 Å². The lowest BCUT2D eigenvalue weighted by molar-refractivity contribution is -0.153. The maximum Gasteiger partial charge on any atom is 0.326 e. The van der Waals surface area contributed by atoms with Gasteiger partial charge in [-0.1, -0.05) is 18.2 Å². The molecule has 5 heteroatoms. The largest absolute Gasteiger partial charge is 0.493 e. The first kappa shape index (κ1) is 13.9. The third-order valence-electron chi connectivity index (χ3n) is 4.33. The van der Waals surface area contributed by atoms with Crippen molar-refractivity contribution < 1.29 is 19.4 Å². The maximum absolute atomic E-state index is 12.8. The van der Waals surface area contributed by atoms with E-state index in [0.29, 0.717) is 26.0 Å². The van der Waals surface area contributed by atoms with E-state index in [1.54, 1.807) is 4.90 Å². The van der Waals surface area contributed by atoms with Crippen LogP contribution >= 0.6 is 0 Å². The number of carboxylic acid groups (broad SMARTS) is 1. The first-order valence-corrected chi connectivity index (χ1v) is 7.43. The van der Waals surface area contributed by atoms with Crippen molar-refractivity contribution in [2.24, 2.45) is 0 Å². The van der Waals surface area contributed by atoms with Crippen LogP contribution in [0, 0.1) is 0 Å². The topological polar surface area (TPSA) is 66.8 Å². The number of fused-ring (bicyclic) bond motifs is 1. The van der Waals surface area contributed by atoms with Gasteiger partial charge in [-0.05, 0) is 31.7 Å². The molecule has 0 radical (unpaired) electrons. The van der Waals surface area contributed by atoms with Gasteiger partial charge in [-0.25, -0.2) is 4.79 Å². The highest BCUT2D eigenvalue weighted by Crippen LogP contribution is 2.35. The van der Waals surface area contributed by atoms with Gasteiger partial charge in [0.2, 0.25) is 5.91 Å². The standard InChI is InChI=1S/C16H19NO4/c18-15(17-9-4-3-6-13(17)16(19)20)12-8-10-21-14-7-2-1-5-11(12)14/h1-2,5,7,12-13H,3-4,6,8-10H2,(H,19,20)/t12?,13-/m1/s1. The van der Waals surface area contributed by atoms with Crippen molar-refractivity contribution in [3.63, 3.8) is 0 Å². The van der Waals surface area contributed by atoms with Crippen molar-refractivity contribution >= 4 is 11.9 Å². The summed E-state index contributed by atoms with van der Waals surface area (Å²) < 4.78 is 5.58. The number of piperidine rings is 1. The molecule has 1 amide bonds. The lowest BCUT2D eigenvalue weighted by Crippen LogP contribution is -2.50. The molecule has 2 aliphatic heterocycles. The number of carbonyl (C=O) groups is 2. The summed E-state index contributed by atoms with van der Waals surface area (Å²) in [4.78, 5) is 25.8. The number of aliphatic carboxylic acids is 1. The minimum Gasteiger partial charge on any atom is -0.493 e. The molecule has 0 aliphatic carbocycles. The third kappa shape index (κ3) is 2.60. The molecule has 112 valence electrons. The van der Waals surface area contributed by atoms with Crippen LogP contribution in [0.5, 0.6) is 5.75 Å². The maximum atomic E-state index is 12.8. The second-order valence-corrected chi connectivity index (χ2v) is 5.61. The lowest BCUT2D eigenvalue weighted by atomic mass is 9.90. The molecule has 5 nitrogen and oxygen atoms in total. The number of carboxylic acids is 1. The fourth-order valence-corrected chi connectivity index (χ4v) is 3.25. The Labute approximate surface area is 123 Å². The van der Waals surface area contributed by atoms with Crippen molar-refractivity contribution in [3.05, 3.63) is 29.8 Å². The molecular formula is C16H19NO4. The Balaban J connectivity index is 1.86. The van der Waals surface area contributed by atoms with Gasteiger partial charge in [0.05, 0.1) is 12.5 Å². The van der Waals surface area contributed by atoms with Crippen molar-refractivity contribution in [1.29, 1.82) is 0 Å². The van der Waals surface area contributed by atoms with Crippen molar-refractivity contribution in [1.82, 2.24) is 4.90 Å². The number of benzene rings is 1. The summed E-state index contributed by atoms with van der Waals surface area (Å²) in [5.41, 5.74) is 0.878. The summed E-state index contributed by atoms with van der Waals surface area (Å²) in [5.74, 6) is -0.512. The number of hydrogen-bond acceptors (Lipinski definition) is 3. The number of nitrogens with zero attached hydrogens (tertiary/aromatic N) is 1. The Morgan fingerprint density at radius 2 is 2.00 bits per heavy atom. The van der Waals surface area contributed by atoms with Crippen molar-refractivity contribution in [2.45, 2.75) is 37.6 Å². The first-order chi connectivity index (χ1) is 10.2. The van der Waals surface area contributed by atoms with Crippen LogP contribution in [0.25, 0.3) is 0 Å². The first-order valence-electron chi connectivity index (χ1n) is 7.43. The van der Waals surface area contributed by atoms with Gasteiger partial charge in [-0.2, -0.15) is 0 Å². The number of amides is 1. The van der Waals surface area contributed by atoms with Crippen LogP contribution in [0.15, 0.2) is 24.3 Å². The fourth-order valence-electron chi connectivity index (χ4n) is 3.25. The zero-order valence-corrected chi connectivity index (χ0v) is 11.8. The third-order valence-corrected chi connectivity index (χ3v) is 4.33. The number of carbonyl (C=O) groups excluding carboxylic acids is 1. The second-order valence-electron chi connectivity index (χ2n) is 5.61. The zero-order chi connectivity index (χ0) is 14.8. The van der Waals surface area contributed by atoms with E-state index in [9.17, 15) is 14.7 Å². The Bertz CT molecular complexity index is 557. The molecule has 0 bridgehead atoms. The summed E-state index contributed by atoms with van der Waals surface area (Å²) >= 11 is 0. The van der Waals surface area contributed by atoms with E-state index in [-0.39, 0.29) is 11.8 Å². The number of rotatable bonds is 2. The molecule has 1 fully saturated rings. The van der Waals surface area contributed by atoms with Crippen LogP contribution in [0.1, 0.15) is 37.2 Å². The molecule has 2 aliphatic rings. The quantitative estimate of drug-likeness (QED) is 0.904. The van der Waals surface area contributed by atoms with Crippen LogP contribution in [0.4, 0.5) is 0 Å². The Morgan fingerprint density at radius 1 is 1.19 bits per heavy atom. The fraction of sp³-hybridized carbons (Fsp3) is 0.500. The van der Waals surface area contributed by atoms with Crippen LogP contribution in [-0.4, -0.2) is 41.1 Å². The SMILES string of the molecule is O=C(O)[C@H]1CCCCN1C(=O)C1CCOc2ccccc21. The van der Waals surface area contributed by atoms with Gasteiger partial charge in [0.25, 0.3) is 0 Å². The van der Waals surface area contributed by atoms with Crippen LogP contribution < -0.4 is 4.74 Å². The molecule has 1 aromatic carbocycles. The highest BCUT2D eigenvalue weighted by Gasteiger charge is 2.37. The molecular weight excluding hydrogens is 270 g/mol. The van der Waals surface area contributed by atoms with E-state index in [1.807, 2.05) is 24.3 Å². The summed E-state index contributed by atoms with van der Waals surface area (Å²) in [6.45, 7) is 1.04. The molecule has 2 heterocycles. The van der Waals surface area contributed by atoms with E-state index in [4.69, 9.17) is 4.74 Å². The smallest absolute Gasteiger partial charge is 0.326 e. The number of likely N-dealkylation sites (tertiary alicyclic amines) is 1. The highest BCUT2D eigenvalue weighted by atomic mass is 16.5. The van der Waals surface area contributed by atoms with Gasteiger partial charge < -0.3 is 14.7 Å². The van der Waals surface area contributed by atoms with Crippen LogP contribution in [0.3, 0.4) is 0 Å². The Kier molecular flexibility index (Phi) is 3.82.